The zero-order valence-corrected chi connectivity index (χ0v) is 13.8. The maximum absolute atomic E-state index is 12.7. The number of carbonyl (C=O) groups excluding carboxylic acids is 2. The minimum Gasteiger partial charge on any atom is -0.341 e. The Balaban J connectivity index is 2.03. The van der Waals surface area contributed by atoms with Gasteiger partial charge in [0.2, 0.25) is 11.8 Å². The minimum atomic E-state index is -0.417. The molecule has 0 aromatic rings. The lowest BCUT2D eigenvalue weighted by Gasteiger charge is -2.35. The van der Waals surface area contributed by atoms with E-state index < -0.39 is 5.41 Å². The van der Waals surface area contributed by atoms with E-state index in [4.69, 9.17) is 0 Å². The molecule has 0 saturated carbocycles. The molecule has 0 bridgehead atoms. The van der Waals surface area contributed by atoms with Crippen molar-refractivity contribution in [1.82, 2.24) is 9.80 Å². The van der Waals surface area contributed by atoms with Crippen LogP contribution in [0.2, 0.25) is 0 Å². The highest BCUT2D eigenvalue weighted by atomic mass is 32.2. The molecule has 1 atom stereocenters. The van der Waals surface area contributed by atoms with Crippen LogP contribution in [0.1, 0.15) is 40.5 Å². The van der Waals surface area contributed by atoms with E-state index in [1.165, 1.54) is 0 Å². The minimum absolute atomic E-state index is 0.0891. The van der Waals surface area contributed by atoms with Crippen LogP contribution in [0.5, 0.6) is 0 Å². The first-order valence-corrected chi connectivity index (χ1v) is 8.64. The summed E-state index contributed by atoms with van der Waals surface area (Å²) in [6, 6.07) is -0.250. The summed E-state index contributed by atoms with van der Waals surface area (Å²) in [7, 11) is 0. The van der Waals surface area contributed by atoms with E-state index in [1.807, 2.05) is 25.7 Å². The second-order valence-electron chi connectivity index (χ2n) is 7.05. The van der Waals surface area contributed by atoms with Crippen LogP contribution in [0.25, 0.3) is 0 Å². The highest BCUT2D eigenvalue weighted by molar-refractivity contribution is 7.99. The van der Waals surface area contributed by atoms with Gasteiger partial charge < -0.3 is 9.80 Å². The summed E-state index contributed by atoms with van der Waals surface area (Å²) in [5, 5.41) is 0. The molecule has 0 N–H and O–H groups in total. The number of rotatable bonds is 1. The van der Waals surface area contributed by atoms with E-state index in [0.29, 0.717) is 11.8 Å². The summed E-state index contributed by atoms with van der Waals surface area (Å²) < 4.78 is 0. The van der Waals surface area contributed by atoms with Gasteiger partial charge in [0.1, 0.15) is 6.04 Å². The van der Waals surface area contributed by atoms with Crippen molar-refractivity contribution in [2.24, 2.45) is 11.3 Å². The first-order chi connectivity index (χ1) is 9.30. The largest absolute Gasteiger partial charge is 0.341 e. The molecule has 0 spiro atoms. The molecule has 0 aromatic carbocycles. The van der Waals surface area contributed by atoms with Crippen LogP contribution in [-0.4, -0.2) is 52.4 Å². The van der Waals surface area contributed by atoms with E-state index in [2.05, 4.69) is 6.92 Å². The van der Waals surface area contributed by atoms with Crippen molar-refractivity contribution < 1.29 is 9.59 Å². The number of piperidine rings is 1. The van der Waals surface area contributed by atoms with Crippen LogP contribution in [0.15, 0.2) is 0 Å². The standard InChI is InChI=1S/C15H26N2O2S/c1-11-5-7-16(8-6-11)13(18)12-9-20-10-17(12)14(19)15(2,3)4/h11-12H,5-10H2,1-4H3. The molecule has 0 aromatic heterocycles. The smallest absolute Gasteiger partial charge is 0.246 e. The van der Waals surface area contributed by atoms with Crippen LogP contribution in [0, 0.1) is 11.3 Å². The normalized spacial score (nSPS) is 25.1. The summed E-state index contributed by atoms with van der Waals surface area (Å²) in [6.45, 7) is 9.69. The molecule has 0 radical (unpaired) electrons. The van der Waals surface area contributed by atoms with Gasteiger partial charge in [-0.2, -0.15) is 0 Å². The average molecular weight is 298 g/mol. The third-order valence-electron chi connectivity index (χ3n) is 4.17. The van der Waals surface area contributed by atoms with E-state index >= 15 is 0 Å². The number of amides is 2. The van der Waals surface area contributed by atoms with Crippen molar-refractivity contribution in [3.8, 4) is 0 Å². The third-order valence-corrected chi connectivity index (χ3v) is 5.18. The van der Waals surface area contributed by atoms with E-state index in [1.54, 1.807) is 16.7 Å². The molecule has 2 aliphatic heterocycles. The number of nitrogens with zero attached hydrogens (tertiary/aromatic N) is 2. The molecule has 2 saturated heterocycles. The molecular weight excluding hydrogens is 272 g/mol. The predicted molar refractivity (Wildman–Crippen MR) is 82.4 cm³/mol. The van der Waals surface area contributed by atoms with E-state index in [9.17, 15) is 9.59 Å². The fourth-order valence-corrected chi connectivity index (χ4v) is 3.86. The SMILES string of the molecule is CC1CCN(C(=O)C2CSCN2C(=O)C(C)(C)C)CC1. The molecule has 1 unspecified atom stereocenters. The van der Waals surface area contributed by atoms with Gasteiger partial charge in [0.05, 0.1) is 5.88 Å². The molecular formula is C15H26N2O2S. The Hall–Kier alpha value is -0.710. The van der Waals surface area contributed by atoms with E-state index in [-0.39, 0.29) is 17.9 Å². The number of carbonyl (C=O) groups is 2. The Morgan fingerprint density at radius 1 is 1.15 bits per heavy atom. The van der Waals surface area contributed by atoms with E-state index in [0.717, 1.165) is 31.7 Å². The summed E-state index contributed by atoms with van der Waals surface area (Å²) in [5.41, 5.74) is -0.417. The Labute approximate surface area is 126 Å². The monoisotopic (exact) mass is 298 g/mol. The van der Waals surface area contributed by atoms with Gasteiger partial charge in [-0.1, -0.05) is 27.7 Å². The maximum atomic E-state index is 12.7. The van der Waals surface area contributed by atoms with Crippen molar-refractivity contribution in [1.29, 1.82) is 0 Å². The van der Waals surface area contributed by atoms with Crippen LogP contribution >= 0.6 is 11.8 Å². The fourth-order valence-electron chi connectivity index (χ4n) is 2.72. The lowest BCUT2D eigenvalue weighted by atomic mass is 9.94. The molecule has 2 heterocycles. The summed E-state index contributed by atoms with van der Waals surface area (Å²) in [6.07, 6.45) is 2.16. The van der Waals surface area contributed by atoms with Gasteiger partial charge in [-0.3, -0.25) is 9.59 Å². The summed E-state index contributed by atoms with van der Waals surface area (Å²) in [4.78, 5) is 28.9. The van der Waals surface area contributed by atoms with Gasteiger partial charge in [-0.15, -0.1) is 11.8 Å². The Morgan fingerprint density at radius 2 is 1.75 bits per heavy atom. The molecule has 20 heavy (non-hydrogen) atoms. The quantitative estimate of drug-likeness (QED) is 0.745. The fraction of sp³-hybridized carbons (Fsp3) is 0.867. The first-order valence-electron chi connectivity index (χ1n) is 7.48. The zero-order chi connectivity index (χ0) is 14.9. The Bertz CT molecular complexity index is 384. The highest BCUT2D eigenvalue weighted by Gasteiger charge is 2.40. The lowest BCUT2D eigenvalue weighted by Crippen LogP contribution is -2.52. The predicted octanol–water partition coefficient (Wildman–Crippen LogP) is 2.19. The molecule has 5 heteroatoms. The maximum Gasteiger partial charge on any atom is 0.246 e. The van der Waals surface area contributed by atoms with Crippen LogP contribution < -0.4 is 0 Å². The Kier molecular flexibility index (Phi) is 4.67. The van der Waals surface area contributed by atoms with Crippen LogP contribution in [0.3, 0.4) is 0 Å². The lowest BCUT2D eigenvalue weighted by molar-refractivity contribution is -0.148. The molecule has 4 nitrogen and oxygen atoms in total. The van der Waals surface area contributed by atoms with Crippen LogP contribution in [0.4, 0.5) is 0 Å². The van der Waals surface area contributed by atoms with Crippen molar-refractivity contribution in [2.75, 3.05) is 24.7 Å². The second-order valence-corrected chi connectivity index (χ2v) is 8.05. The van der Waals surface area contributed by atoms with Crippen molar-refractivity contribution in [2.45, 2.75) is 46.6 Å². The molecule has 2 rings (SSSR count). The van der Waals surface area contributed by atoms with Crippen LogP contribution in [-0.2, 0) is 9.59 Å². The number of hydrogen-bond acceptors (Lipinski definition) is 3. The van der Waals surface area contributed by atoms with Gasteiger partial charge in [0, 0.05) is 24.3 Å². The van der Waals surface area contributed by atoms with Gasteiger partial charge in [-0.25, -0.2) is 0 Å². The third kappa shape index (κ3) is 3.30. The van der Waals surface area contributed by atoms with Crippen molar-refractivity contribution >= 4 is 23.6 Å². The number of thioether (sulfide) groups is 1. The molecule has 114 valence electrons. The second kappa shape index (κ2) is 5.96. The van der Waals surface area contributed by atoms with Crippen molar-refractivity contribution in [3.63, 3.8) is 0 Å². The zero-order valence-electron chi connectivity index (χ0n) is 13.0. The number of likely N-dealkylation sites (tertiary alicyclic amines) is 1. The number of hydrogen-bond donors (Lipinski definition) is 0. The first kappa shape index (κ1) is 15.7. The van der Waals surface area contributed by atoms with Crippen molar-refractivity contribution in [3.05, 3.63) is 0 Å². The van der Waals surface area contributed by atoms with Gasteiger partial charge in [0.15, 0.2) is 0 Å². The van der Waals surface area contributed by atoms with Gasteiger partial charge in [-0.05, 0) is 18.8 Å². The molecule has 2 amide bonds. The summed E-state index contributed by atoms with van der Waals surface area (Å²) in [5.74, 6) is 2.35. The van der Waals surface area contributed by atoms with Gasteiger partial charge in [0.25, 0.3) is 0 Å². The topological polar surface area (TPSA) is 40.6 Å². The van der Waals surface area contributed by atoms with Gasteiger partial charge >= 0.3 is 0 Å². The molecule has 2 fully saturated rings. The Morgan fingerprint density at radius 3 is 2.30 bits per heavy atom. The molecule has 0 aliphatic carbocycles. The molecule has 2 aliphatic rings. The summed E-state index contributed by atoms with van der Waals surface area (Å²) >= 11 is 1.69. The highest BCUT2D eigenvalue weighted by Crippen LogP contribution is 2.29. The average Bonchev–Trinajstić information content (AvgIpc) is 2.85.